The monoisotopic (exact) mass is 643 g/mol. The number of nitrogens with one attached hydrogen (secondary N) is 2. The molecule has 2 amide bonds. The summed E-state index contributed by atoms with van der Waals surface area (Å²) in [5.41, 5.74) is 1.42. The lowest BCUT2D eigenvalue weighted by Crippen LogP contribution is -2.45. The van der Waals surface area contributed by atoms with Crippen LogP contribution in [0.2, 0.25) is 10.0 Å². The first-order chi connectivity index (χ1) is 20.7. The lowest BCUT2D eigenvalue weighted by Gasteiger charge is -2.30. The summed E-state index contributed by atoms with van der Waals surface area (Å²) < 4.78 is 1.04. The Kier molecular flexibility index (Phi) is 9.55. The lowest BCUT2D eigenvalue weighted by atomic mass is 9.96. The van der Waals surface area contributed by atoms with Gasteiger partial charge in [-0.05, 0) is 60.7 Å². The fourth-order valence-corrected chi connectivity index (χ4v) is 6.99. The molecule has 43 heavy (non-hydrogen) atoms. The average Bonchev–Trinajstić information content (AvgIpc) is 3.62. The Morgan fingerprint density at radius 3 is 2.67 bits per heavy atom. The smallest absolute Gasteiger partial charge is 0.328 e. The number of aliphatic imine (C=N–C) groups is 1. The Balaban J connectivity index is 1.31. The van der Waals surface area contributed by atoms with Crippen LogP contribution >= 0.6 is 34.5 Å². The molecule has 0 aliphatic carbocycles. The van der Waals surface area contributed by atoms with E-state index in [0.717, 1.165) is 15.6 Å². The largest absolute Gasteiger partial charge is 0.480 e. The van der Waals surface area contributed by atoms with Crippen LogP contribution in [0, 0.1) is 0 Å². The minimum Gasteiger partial charge on any atom is -0.480 e. The zero-order valence-corrected chi connectivity index (χ0v) is 25.7. The molecular formula is C30H31Cl2N5O5S. The molecule has 4 N–H and O–H groups in total. The molecule has 3 aromatic rings. The summed E-state index contributed by atoms with van der Waals surface area (Å²) in [5, 5.41) is 26.5. The molecule has 0 bridgehead atoms. The van der Waals surface area contributed by atoms with Crippen molar-refractivity contribution in [2.75, 3.05) is 26.2 Å². The van der Waals surface area contributed by atoms with Gasteiger partial charge in [0.05, 0.1) is 33.1 Å². The third-order valence-corrected chi connectivity index (χ3v) is 9.24. The first kappa shape index (κ1) is 30.8. The van der Waals surface area contributed by atoms with Gasteiger partial charge >= 0.3 is 5.97 Å². The molecular weight excluding hydrogens is 613 g/mol. The highest BCUT2D eigenvalue weighted by Crippen LogP contribution is 2.36. The fourth-order valence-electron chi connectivity index (χ4n) is 5.20. The number of likely N-dealkylation sites (tertiary alicyclic amines) is 1. The van der Waals surface area contributed by atoms with E-state index in [9.17, 15) is 24.6 Å². The molecule has 3 heterocycles. The van der Waals surface area contributed by atoms with Crippen LogP contribution in [0.3, 0.4) is 0 Å². The number of carboxylic acids is 1. The number of benzene rings is 2. The van der Waals surface area contributed by atoms with Gasteiger partial charge in [0.25, 0.3) is 11.8 Å². The molecule has 0 radical (unpaired) electrons. The zero-order chi connectivity index (χ0) is 30.7. The highest BCUT2D eigenvalue weighted by molar-refractivity contribution is 7.20. The number of aliphatic hydroxyl groups excluding tert-OH is 1. The summed E-state index contributed by atoms with van der Waals surface area (Å²) in [7, 11) is 0. The van der Waals surface area contributed by atoms with E-state index in [1.54, 1.807) is 23.2 Å². The molecule has 10 nitrogen and oxygen atoms in total. The minimum atomic E-state index is -1.36. The SMILES string of the molecule is C/C=C\NC(=NC[C@H](NC(=O)c1c(Cl)cc2c(c1Cl)CCN(C(=O)c1cc3ccccc3s1)C2)C(=O)O)N1CC[C@H](O)C1. The van der Waals surface area contributed by atoms with Crippen LogP contribution in [0.25, 0.3) is 10.1 Å². The van der Waals surface area contributed by atoms with Crippen LogP contribution in [0.15, 0.2) is 53.7 Å². The number of hydrogen-bond acceptors (Lipinski definition) is 6. The molecule has 1 fully saturated rings. The number of amides is 2. The predicted molar refractivity (Wildman–Crippen MR) is 168 cm³/mol. The number of hydrogen-bond donors (Lipinski definition) is 4. The van der Waals surface area contributed by atoms with Crippen molar-refractivity contribution >= 4 is 68.4 Å². The number of nitrogens with zero attached hydrogens (tertiary/aromatic N) is 3. The number of allylic oxidation sites excluding steroid dienone is 1. The molecule has 0 saturated carbocycles. The van der Waals surface area contributed by atoms with E-state index in [1.807, 2.05) is 42.2 Å². The maximum atomic E-state index is 13.3. The van der Waals surface area contributed by atoms with Crippen LogP contribution in [-0.4, -0.2) is 82.1 Å². The van der Waals surface area contributed by atoms with E-state index in [-0.39, 0.29) is 34.6 Å². The number of carbonyl (C=O) groups excluding carboxylic acids is 2. The molecule has 2 aliphatic rings. The van der Waals surface area contributed by atoms with Crippen molar-refractivity contribution < 1.29 is 24.6 Å². The fraction of sp³-hybridized carbons (Fsp3) is 0.333. The molecule has 1 saturated heterocycles. The van der Waals surface area contributed by atoms with Gasteiger partial charge in [0.2, 0.25) is 0 Å². The number of guanidine groups is 1. The van der Waals surface area contributed by atoms with Gasteiger partial charge in [-0.1, -0.05) is 47.5 Å². The van der Waals surface area contributed by atoms with E-state index in [2.05, 4.69) is 15.6 Å². The number of carboxylic acid groups (broad SMARTS) is 1. The Bertz CT molecular complexity index is 1590. The number of thiophene rings is 1. The average molecular weight is 645 g/mol. The van der Waals surface area contributed by atoms with Crippen molar-refractivity contribution in [1.29, 1.82) is 0 Å². The minimum absolute atomic E-state index is 0.0171. The molecule has 5 rings (SSSR count). The van der Waals surface area contributed by atoms with Crippen molar-refractivity contribution in [1.82, 2.24) is 20.4 Å². The van der Waals surface area contributed by atoms with Crippen molar-refractivity contribution in [3.05, 3.63) is 80.3 Å². The standard InChI is InChI=1S/C30H31Cl2N5O5S/c1-2-9-33-30(37-10-7-19(38)16-37)34-14-22(29(41)42)35-27(39)25-21(31)12-18-15-36(11-8-20(18)26(25)32)28(40)24-13-17-5-3-4-6-23(17)43-24/h2-6,9,12-13,19,22,38H,7-8,10-11,14-16H2,1H3,(H,33,34)(H,35,39)(H,41,42)/b9-2-/t19-,22-/m0/s1. The summed E-state index contributed by atoms with van der Waals surface area (Å²) in [6.07, 6.45) is 3.90. The first-order valence-corrected chi connectivity index (χ1v) is 15.4. The van der Waals surface area contributed by atoms with Gasteiger partial charge < -0.3 is 30.6 Å². The van der Waals surface area contributed by atoms with Gasteiger partial charge in [-0.3, -0.25) is 14.6 Å². The Morgan fingerprint density at radius 2 is 1.98 bits per heavy atom. The maximum Gasteiger partial charge on any atom is 0.328 e. The quantitative estimate of drug-likeness (QED) is 0.225. The third-order valence-electron chi connectivity index (χ3n) is 7.42. The second-order valence-electron chi connectivity index (χ2n) is 10.4. The highest BCUT2D eigenvalue weighted by Gasteiger charge is 2.30. The molecule has 0 spiro atoms. The normalized spacial score (nSPS) is 17.8. The van der Waals surface area contributed by atoms with Gasteiger partial charge in [-0.25, -0.2) is 4.79 Å². The van der Waals surface area contributed by atoms with Crippen molar-refractivity contribution in [2.45, 2.75) is 38.5 Å². The summed E-state index contributed by atoms with van der Waals surface area (Å²) in [6, 6.07) is 9.97. The second-order valence-corrected chi connectivity index (χ2v) is 12.2. The van der Waals surface area contributed by atoms with Crippen molar-refractivity contribution in [3.63, 3.8) is 0 Å². The molecule has 226 valence electrons. The number of rotatable bonds is 7. The second kappa shape index (κ2) is 13.3. The highest BCUT2D eigenvalue weighted by atomic mass is 35.5. The van der Waals surface area contributed by atoms with E-state index >= 15 is 0 Å². The number of halogens is 2. The van der Waals surface area contributed by atoms with Gasteiger partial charge in [-0.15, -0.1) is 11.3 Å². The van der Waals surface area contributed by atoms with Gasteiger partial charge in [0.15, 0.2) is 5.96 Å². The van der Waals surface area contributed by atoms with Crippen LogP contribution in [0.1, 0.15) is 44.5 Å². The van der Waals surface area contributed by atoms with Gasteiger partial charge in [0, 0.05) is 30.9 Å². The van der Waals surface area contributed by atoms with Crippen molar-refractivity contribution in [2.24, 2.45) is 4.99 Å². The van der Waals surface area contributed by atoms with E-state index in [1.165, 1.54) is 11.3 Å². The molecule has 2 aliphatic heterocycles. The van der Waals surface area contributed by atoms with Crippen LogP contribution in [0.5, 0.6) is 0 Å². The summed E-state index contributed by atoms with van der Waals surface area (Å²) in [5.74, 6) is -1.69. The van der Waals surface area contributed by atoms with Crippen LogP contribution in [0.4, 0.5) is 0 Å². The number of β-amino-alcohol motifs (C(OH)–C–C–N with tert-alkyl or cyclic N) is 1. The Morgan fingerprint density at radius 1 is 1.19 bits per heavy atom. The molecule has 2 atom stereocenters. The number of aliphatic hydroxyl groups is 1. The lowest BCUT2D eigenvalue weighted by molar-refractivity contribution is -0.138. The van der Waals surface area contributed by atoms with E-state index in [4.69, 9.17) is 23.2 Å². The first-order valence-electron chi connectivity index (χ1n) is 13.8. The number of fused-ring (bicyclic) bond motifs is 2. The zero-order valence-electron chi connectivity index (χ0n) is 23.3. The Labute approximate surface area is 262 Å². The molecule has 1 aromatic heterocycles. The maximum absolute atomic E-state index is 13.3. The number of carbonyl (C=O) groups is 3. The molecule has 13 heteroatoms. The number of aliphatic carboxylic acids is 1. The van der Waals surface area contributed by atoms with E-state index < -0.39 is 24.0 Å². The summed E-state index contributed by atoms with van der Waals surface area (Å²) >= 11 is 14.7. The van der Waals surface area contributed by atoms with E-state index in [0.29, 0.717) is 48.9 Å². The predicted octanol–water partition coefficient (Wildman–Crippen LogP) is 4.14. The van der Waals surface area contributed by atoms with Crippen LogP contribution in [-0.2, 0) is 17.8 Å². The molecule has 0 unspecified atom stereocenters. The van der Waals surface area contributed by atoms with Gasteiger partial charge in [0.1, 0.15) is 6.04 Å². The topological polar surface area (TPSA) is 135 Å². The van der Waals surface area contributed by atoms with Crippen LogP contribution < -0.4 is 10.6 Å². The van der Waals surface area contributed by atoms with Crippen molar-refractivity contribution in [3.8, 4) is 0 Å². The summed E-state index contributed by atoms with van der Waals surface area (Å²) in [4.78, 5) is 47.3. The summed E-state index contributed by atoms with van der Waals surface area (Å²) in [6.45, 7) is 3.16. The Hall–Kier alpha value is -3.64. The third kappa shape index (κ3) is 6.80. The molecule has 2 aromatic carbocycles. The van der Waals surface area contributed by atoms with Gasteiger partial charge in [-0.2, -0.15) is 0 Å².